The lowest BCUT2D eigenvalue weighted by Crippen LogP contribution is -2.32. The molecule has 0 bridgehead atoms. The van der Waals surface area contributed by atoms with Crippen LogP contribution in [-0.2, 0) is 24.0 Å². The van der Waals surface area contributed by atoms with Gasteiger partial charge in [-0.15, -0.1) is 5.06 Å². The number of carbonyl (C=O) groups excluding carboxylic acids is 4. The molecule has 1 aromatic heterocycles. The summed E-state index contributed by atoms with van der Waals surface area (Å²) in [5.41, 5.74) is 1.22. The third kappa shape index (κ3) is 5.60. The number of rotatable bonds is 9. The standard InChI is InChI=1S/C22H27N3O5/c1-24-14-12-16(22(24)17-6-4-13-23-15-17)5-2-3-7-18(26)8-11-21(29)30-25-19(27)9-10-20(25)28/h3-4,6-7,13,15-16,22H,2,5,8-12,14H2,1H3/b7-3-/t16-,22?/m0/s1. The van der Waals surface area contributed by atoms with Crippen molar-refractivity contribution < 1.29 is 24.0 Å². The van der Waals surface area contributed by atoms with Gasteiger partial charge in [-0.3, -0.25) is 24.3 Å². The molecule has 0 aromatic carbocycles. The van der Waals surface area contributed by atoms with Gasteiger partial charge in [-0.1, -0.05) is 12.1 Å². The van der Waals surface area contributed by atoms with Gasteiger partial charge in [-0.25, -0.2) is 4.79 Å². The number of ketones is 1. The highest BCUT2D eigenvalue weighted by Gasteiger charge is 2.33. The summed E-state index contributed by atoms with van der Waals surface area (Å²) in [6.07, 6.45) is 9.80. The lowest BCUT2D eigenvalue weighted by atomic mass is 9.90. The van der Waals surface area contributed by atoms with Crippen molar-refractivity contribution in [3.8, 4) is 0 Å². The molecule has 2 aliphatic rings. The van der Waals surface area contributed by atoms with Gasteiger partial charge in [0, 0.05) is 37.7 Å². The maximum absolute atomic E-state index is 12.0. The summed E-state index contributed by atoms with van der Waals surface area (Å²) in [6.45, 7) is 1.04. The van der Waals surface area contributed by atoms with E-state index in [1.807, 2.05) is 18.3 Å². The van der Waals surface area contributed by atoms with Crippen molar-refractivity contribution in [1.29, 1.82) is 0 Å². The number of imide groups is 1. The molecule has 2 saturated heterocycles. The molecular weight excluding hydrogens is 386 g/mol. The van der Waals surface area contributed by atoms with E-state index in [-0.39, 0.29) is 31.5 Å². The number of allylic oxidation sites excluding steroid dienone is 2. The Balaban J connectivity index is 1.39. The van der Waals surface area contributed by atoms with E-state index in [1.54, 1.807) is 6.20 Å². The van der Waals surface area contributed by atoms with E-state index in [9.17, 15) is 19.2 Å². The van der Waals surface area contributed by atoms with Crippen LogP contribution in [0.1, 0.15) is 56.6 Å². The van der Waals surface area contributed by atoms with Crippen LogP contribution in [0.15, 0.2) is 36.7 Å². The number of hydroxylamine groups is 2. The molecule has 0 radical (unpaired) electrons. The van der Waals surface area contributed by atoms with Gasteiger partial charge in [-0.2, -0.15) is 0 Å². The molecule has 8 nitrogen and oxygen atoms in total. The second-order valence-electron chi connectivity index (χ2n) is 7.75. The average Bonchev–Trinajstić information content (AvgIpc) is 3.26. The Morgan fingerprint density at radius 3 is 2.70 bits per heavy atom. The predicted molar refractivity (Wildman–Crippen MR) is 108 cm³/mol. The van der Waals surface area contributed by atoms with Gasteiger partial charge in [0.1, 0.15) is 0 Å². The van der Waals surface area contributed by atoms with E-state index in [1.165, 1.54) is 11.6 Å². The van der Waals surface area contributed by atoms with E-state index in [0.29, 0.717) is 17.0 Å². The average molecular weight is 413 g/mol. The summed E-state index contributed by atoms with van der Waals surface area (Å²) in [7, 11) is 2.12. The van der Waals surface area contributed by atoms with Gasteiger partial charge in [0.05, 0.1) is 6.42 Å². The SMILES string of the molecule is CN1CC[C@H](CC/C=C\C(=O)CCC(=O)ON2C(=O)CCC2=O)C1c1cccnc1. The van der Waals surface area contributed by atoms with Crippen LogP contribution in [0.4, 0.5) is 0 Å². The zero-order valence-electron chi connectivity index (χ0n) is 17.2. The van der Waals surface area contributed by atoms with Crippen molar-refractivity contribution in [1.82, 2.24) is 14.9 Å². The normalized spacial score (nSPS) is 22.2. The fraction of sp³-hybridized carbons (Fsp3) is 0.500. The predicted octanol–water partition coefficient (Wildman–Crippen LogP) is 2.37. The zero-order chi connectivity index (χ0) is 21.5. The summed E-state index contributed by atoms with van der Waals surface area (Å²) >= 11 is 0. The second kappa shape index (κ2) is 10.2. The molecule has 3 heterocycles. The smallest absolute Gasteiger partial charge is 0.330 e. The van der Waals surface area contributed by atoms with Crippen LogP contribution in [0.25, 0.3) is 0 Å². The molecule has 3 rings (SSSR count). The van der Waals surface area contributed by atoms with Gasteiger partial charge in [0.2, 0.25) is 0 Å². The Morgan fingerprint density at radius 2 is 2.00 bits per heavy atom. The Kier molecular flexibility index (Phi) is 7.46. The summed E-state index contributed by atoms with van der Waals surface area (Å²) < 4.78 is 0. The molecule has 0 N–H and O–H groups in total. The largest absolute Gasteiger partial charge is 0.333 e. The fourth-order valence-corrected chi connectivity index (χ4v) is 4.05. The molecule has 2 amide bonds. The van der Waals surface area contributed by atoms with Gasteiger partial charge < -0.3 is 4.84 Å². The second-order valence-corrected chi connectivity index (χ2v) is 7.75. The quantitative estimate of drug-likeness (QED) is 0.453. The van der Waals surface area contributed by atoms with Crippen molar-refractivity contribution in [3.05, 3.63) is 42.2 Å². The molecule has 2 atom stereocenters. The Morgan fingerprint density at radius 1 is 1.23 bits per heavy atom. The Bertz CT molecular complexity index is 807. The summed E-state index contributed by atoms with van der Waals surface area (Å²) in [5, 5.41) is 0.500. The number of pyridine rings is 1. The van der Waals surface area contributed by atoms with Gasteiger partial charge in [0.15, 0.2) is 5.78 Å². The summed E-state index contributed by atoms with van der Waals surface area (Å²) in [5.74, 6) is -1.49. The molecule has 160 valence electrons. The molecular formula is C22H27N3O5. The van der Waals surface area contributed by atoms with Gasteiger partial charge in [0.25, 0.3) is 11.8 Å². The molecule has 2 fully saturated rings. The van der Waals surface area contributed by atoms with Crippen molar-refractivity contribution >= 4 is 23.6 Å². The topological polar surface area (TPSA) is 96.9 Å². The van der Waals surface area contributed by atoms with E-state index in [2.05, 4.69) is 23.0 Å². The fourth-order valence-electron chi connectivity index (χ4n) is 4.05. The number of hydrogen-bond acceptors (Lipinski definition) is 7. The highest BCUT2D eigenvalue weighted by molar-refractivity contribution is 6.01. The molecule has 0 spiro atoms. The van der Waals surface area contributed by atoms with Crippen LogP contribution >= 0.6 is 0 Å². The van der Waals surface area contributed by atoms with E-state index in [0.717, 1.165) is 25.8 Å². The Labute approximate surface area is 175 Å². The molecule has 8 heteroatoms. The summed E-state index contributed by atoms with van der Waals surface area (Å²) in [4.78, 5) is 57.9. The van der Waals surface area contributed by atoms with E-state index < -0.39 is 17.8 Å². The third-order valence-electron chi connectivity index (χ3n) is 5.58. The maximum Gasteiger partial charge on any atom is 0.333 e. The highest BCUT2D eigenvalue weighted by atomic mass is 16.7. The first kappa shape index (κ1) is 21.8. The maximum atomic E-state index is 12.0. The Hall–Kier alpha value is -2.87. The lowest BCUT2D eigenvalue weighted by molar-refractivity contribution is -0.197. The van der Waals surface area contributed by atoms with Crippen LogP contribution in [0.3, 0.4) is 0 Å². The zero-order valence-corrected chi connectivity index (χ0v) is 17.2. The van der Waals surface area contributed by atoms with Crippen molar-refractivity contribution in [2.75, 3.05) is 13.6 Å². The number of carbonyl (C=O) groups is 4. The monoisotopic (exact) mass is 413 g/mol. The number of amides is 2. The van der Waals surface area contributed by atoms with Crippen LogP contribution in [-0.4, -0.2) is 52.1 Å². The number of likely N-dealkylation sites (tertiary alicyclic amines) is 1. The minimum Gasteiger partial charge on any atom is -0.330 e. The van der Waals surface area contributed by atoms with Crippen LogP contribution in [0.2, 0.25) is 0 Å². The number of hydrogen-bond donors (Lipinski definition) is 0. The summed E-state index contributed by atoms with van der Waals surface area (Å²) in [6, 6.07) is 4.40. The molecule has 1 aromatic rings. The van der Waals surface area contributed by atoms with Crippen molar-refractivity contribution in [3.63, 3.8) is 0 Å². The minimum atomic E-state index is -0.756. The van der Waals surface area contributed by atoms with Crippen LogP contribution in [0, 0.1) is 5.92 Å². The minimum absolute atomic E-state index is 0.0178. The number of nitrogens with zero attached hydrogens (tertiary/aromatic N) is 3. The van der Waals surface area contributed by atoms with E-state index in [4.69, 9.17) is 4.84 Å². The van der Waals surface area contributed by atoms with Gasteiger partial charge >= 0.3 is 5.97 Å². The van der Waals surface area contributed by atoms with Gasteiger partial charge in [-0.05, 0) is 56.5 Å². The van der Waals surface area contributed by atoms with Crippen LogP contribution in [0.5, 0.6) is 0 Å². The lowest BCUT2D eigenvalue weighted by Gasteiger charge is -2.25. The first-order valence-corrected chi connectivity index (χ1v) is 10.3. The first-order valence-electron chi connectivity index (χ1n) is 10.3. The molecule has 0 saturated carbocycles. The molecule has 1 unspecified atom stereocenters. The highest BCUT2D eigenvalue weighted by Crippen LogP contribution is 2.38. The number of aromatic nitrogens is 1. The van der Waals surface area contributed by atoms with E-state index >= 15 is 0 Å². The molecule has 2 aliphatic heterocycles. The third-order valence-corrected chi connectivity index (χ3v) is 5.58. The van der Waals surface area contributed by atoms with Crippen molar-refractivity contribution in [2.45, 2.75) is 51.0 Å². The first-order chi connectivity index (χ1) is 14.5. The molecule has 30 heavy (non-hydrogen) atoms. The van der Waals surface area contributed by atoms with Crippen LogP contribution < -0.4 is 0 Å². The molecule has 0 aliphatic carbocycles. The van der Waals surface area contributed by atoms with Crippen molar-refractivity contribution in [2.24, 2.45) is 5.92 Å².